The van der Waals surface area contributed by atoms with Crippen LogP contribution in [0.1, 0.15) is 38.7 Å². The Morgan fingerprint density at radius 1 is 1.22 bits per heavy atom. The number of para-hydroxylation sites is 1. The number of methoxy groups -OCH3 is 1. The van der Waals surface area contributed by atoms with Crippen molar-refractivity contribution in [3.05, 3.63) is 58.1 Å². The molecule has 2 aromatic rings. The zero-order chi connectivity index (χ0) is 20.0. The van der Waals surface area contributed by atoms with Crippen LogP contribution >= 0.6 is 0 Å². The highest BCUT2D eigenvalue weighted by Crippen LogP contribution is 2.32. The third-order valence-corrected chi connectivity index (χ3v) is 4.40. The summed E-state index contributed by atoms with van der Waals surface area (Å²) in [5.41, 5.74) is 1.50. The number of nitro groups is 1. The fourth-order valence-corrected chi connectivity index (χ4v) is 2.61. The number of nitrogens with one attached hydrogen (secondary N) is 1. The van der Waals surface area contributed by atoms with Crippen LogP contribution in [0.3, 0.4) is 0 Å². The summed E-state index contributed by atoms with van der Waals surface area (Å²) < 4.78 is 10.6. The van der Waals surface area contributed by atoms with Gasteiger partial charge in [0, 0.05) is 5.69 Å². The highest BCUT2D eigenvalue weighted by molar-refractivity contribution is 5.95. The molecule has 0 bridgehead atoms. The number of rotatable bonds is 8. The van der Waals surface area contributed by atoms with Crippen molar-refractivity contribution in [1.29, 1.82) is 0 Å². The SMILES string of the molecule is CC[C@@H](C)c1ccccc1NC(=O)[C@H](C)Oc1ccc(OC)cc1[N+](=O)[O-]. The van der Waals surface area contributed by atoms with E-state index >= 15 is 0 Å². The first-order chi connectivity index (χ1) is 12.9. The van der Waals surface area contributed by atoms with Crippen molar-refractivity contribution in [2.45, 2.75) is 39.2 Å². The summed E-state index contributed by atoms with van der Waals surface area (Å²) in [6.07, 6.45) is 0.0267. The van der Waals surface area contributed by atoms with Crippen LogP contribution in [-0.2, 0) is 4.79 Å². The van der Waals surface area contributed by atoms with Gasteiger partial charge in [-0.05, 0) is 43.0 Å². The number of carbonyl (C=O) groups is 1. The van der Waals surface area contributed by atoms with E-state index in [2.05, 4.69) is 19.2 Å². The Bertz CT molecular complexity index is 822. The zero-order valence-electron chi connectivity index (χ0n) is 15.9. The number of nitro benzene ring substituents is 1. The topological polar surface area (TPSA) is 90.7 Å². The van der Waals surface area contributed by atoms with Gasteiger partial charge < -0.3 is 14.8 Å². The Hall–Kier alpha value is -3.09. The Balaban J connectivity index is 2.17. The Labute approximate surface area is 158 Å². The van der Waals surface area contributed by atoms with Crippen LogP contribution in [0.25, 0.3) is 0 Å². The third kappa shape index (κ3) is 4.97. The predicted molar refractivity (Wildman–Crippen MR) is 104 cm³/mol. The average molecular weight is 372 g/mol. The molecular formula is C20H24N2O5. The van der Waals surface area contributed by atoms with Gasteiger partial charge in [-0.15, -0.1) is 0 Å². The minimum absolute atomic E-state index is 0.0126. The molecule has 0 saturated carbocycles. The highest BCUT2D eigenvalue weighted by atomic mass is 16.6. The quantitative estimate of drug-likeness (QED) is 0.543. The monoisotopic (exact) mass is 372 g/mol. The second-order valence-electron chi connectivity index (χ2n) is 6.24. The van der Waals surface area contributed by atoms with Crippen molar-refractivity contribution in [3.8, 4) is 11.5 Å². The largest absolute Gasteiger partial charge is 0.496 e. The van der Waals surface area contributed by atoms with E-state index < -0.39 is 11.0 Å². The van der Waals surface area contributed by atoms with E-state index in [0.29, 0.717) is 11.7 Å². The summed E-state index contributed by atoms with van der Waals surface area (Å²) in [4.78, 5) is 23.2. The van der Waals surface area contributed by atoms with Gasteiger partial charge in [-0.1, -0.05) is 32.0 Å². The van der Waals surface area contributed by atoms with Gasteiger partial charge >= 0.3 is 5.69 Å². The smallest absolute Gasteiger partial charge is 0.314 e. The van der Waals surface area contributed by atoms with Gasteiger partial charge in [-0.3, -0.25) is 14.9 Å². The first kappa shape index (κ1) is 20.2. The molecule has 0 aliphatic heterocycles. The average Bonchev–Trinajstić information content (AvgIpc) is 2.67. The standard InChI is InChI=1S/C20H24N2O5/c1-5-13(2)16-8-6-7-9-17(16)21-20(23)14(3)27-19-11-10-15(26-4)12-18(19)22(24)25/h6-14H,5H2,1-4H3,(H,21,23)/t13-,14+/m1/s1. The maximum absolute atomic E-state index is 12.6. The van der Waals surface area contributed by atoms with Gasteiger partial charge in [0.1, 0.15) is 5.75 Å². The Morgan fingerprint density at radius 3 is 2.56 bits per heavy atom. The molecule has 7 nitrogen and oxygen atoms in total. The van der Waals surface area contributed by atoms with Gasteiger partial charge in [0.15, 0.2) is 11.9 Å². The molecule has 0 aliphatic rings. The number of carbonyl (C=O) groups excluding carboxylic acids is 1. The normalized spacial score (nSPS) is 12.7. The molecule has 0 unspecified atom stereocenters. The molecule has 144 valence electrons. The molecule has 2 atom stereocenters. The van der Waals surface area contributed by atoms with Crippen molar-refractivity contribution < 1.29 is 19.2 Å². The number of anilines is 1. The first-order valence-electron chi connectivity index (χ1n) is 8.76. The van der Waals surface area contributed by atoms with Gasteiger partial charge in [-0.2, -0.15) is 0 Å². The third-order valence-electron chi connectivity index (χ3n) is 4.40. The second kappa shape index (κ2) is 9.02. The fraction of sp³-hybridized carbons (Fsp3) is 0.350. The molecule has 1 amide bonds. The van der Waals surface area contributed by atoms with Crippen LogP contribution in [0.4, 0.5) is 11.4 Å². The van der Waals surface area contributed by atoms with Crippen LogP contribution in [0.2, 0.25) is 0 Å². The number of amides is 1. The number of nitrogens with zero attached hydrogens (tertiary/aromatic N) is 1. The summed E-state index contributed by atoms with van der Waals surface area (Å²) in [6, 6.07) is 11.8. The molecule has 1 N–H and O–H groups in total. The molecule has 0 heterocycles. The predicted octanol–water partition coefficient (Wildman–Crippen LogP) is 4.52. The van der Waals surface area contributed by atoms with Gasteiger partial charge in [0.05, 0.1) is 18.1 Å². The van der Waals surface area contributed by atoms with Crippen LogP contribution in [0.15, 0.2) is 42.5 Å². The molecule has 27 heavy (non-hydrogen) atoms. The van der Waals surface area contributed by atoms with E-state index in [1.54, 1.807) is 13.0 Å². The molecule has 0 saturated heterocycles. The number of benzene rings is 2. The van der Waals surface area contributed by atoms with E-state index in [0.717, 1.165) is 17.7 Å². The molecule has 2 aromatic carbocycles. The second-order valence-corrected chi connectivity index (χ2v) is 6.24. The van der Waals surface area contributed by atoms with Crippen molar-refractivity contribution in [3.63, 3.8) is 0 Å². The Kier molecular flexibility index (Phi) is 6.76. The lowest BCUT2D eigenvalue weighted by molar-refractivity contribution is -0.386. The van der Waals surface area contributed by atoms with Crippen LogP contribution < -0.4 is 14.8 Å². The van der Waals surface area contributed by atoms with Crippen molar-refractivity contribution in [2.24, 2.45) is 0 Å². The zero-order valence-corrected chi connectivity index (χ0v) is 15.9. The molecule has 0 spiro atoms. The number of hydrogen-bond acceptors (Lipinski definition) is 5. The van der Waals surface area contributed by atoms with Crippen molar-refractivity contribution in [1.82, 2.24) is 0 Å². The van der Waals surface area contributed by atoms with Crippen molar-refractivity contribution >= 4 is 17.3 Å². The first-order valence-corrected chi connectivity index (χ1v) is 8.76. The van der Waals surface area contributed by atoms with E-state index in [4.69, 9.17) is 9.47 Å². The summed E-state index contributed by atoms with van der Waals surface area (Å²) in [6.45, 7) is 5.72. The van der Waals surface area contributed by atoms with E-state index in [1.807, 2.05) is 24.3 Å². The molecule has 0 aliphatic carbocycles. The summed E-state index contributed by atoms with van der Waals surface area (Å²) in [5.74, 6) is 0.267. The molecule has 7 heteroatoms. The molecule has 0 fully saturated rings. The number of hydrogen-bond donors (Lipinski definition) is 1. The molecule has 0 aromatic heterocycles. The van der Waals surface area contributed by atoms with Gasteiger partial charge in [0.2, 0.25) is 0 Å². The molecule has 0 radical (unpaired) electrons. The van der Waals surface area contributed by atoms with Crippen LogP contribution in [-0.4, -0.2) is 24.0 Å². The highest BCUT2D eigenvalue weighted by Gasteiger charge is 2.23. The summed E-state index contributed by atoms with van der Waals surface area (Å²) in [7, 11) is 1.42. The van der Waals surface area contributed by atoms with E-state index in [1.165, 1.54) is 19.2 Å². The lowest BCUT2D eigenvalue weighted by Gasteiger charge is -2.18. The van der Waals surface area contributed by atoms with Crippen LogP contribution in [0.5, 0.6) is 11.5 Å². The minimum atomic E-state index is -0.915. The summed E-state index contributed by atoms with van der Waals surface area (Å²) >= 11 is 0. The number of ether oxygens (including phenoxy) is 2. The minimum Gasteiger partial charge on any atom is -0.496 e. The maximum atomic E-state index is 12.6. The van der Waals surface area contributed by atoms with Gasteiger partial charge in [0.25, 0.3) is 5.91 Å². The van der Waals surface area contributed by atoms with Gasteiger partial charge in [-0.25, -0.2) is 0 Å². The lowest BCUT2D eigenvalue weighted by Crippen LogP contribution is -2.30. The van der Waals surface area contributed by atoms with Crippen LogP contribution in [0, 0.1) is 10.1 Å². The summed E-state index contributed by atoms with van der Waals surface area (Å²) in [5, 5.41) is 14.1. The van der Waals surface area contributed by atoms with Crippen molar-refractivity contribution in [2.75, 3.05) is 12.4 Å². The fourth-order valence-electron chi connectivity index (χ4n) is 2.61. The van der Waals surface area contributed by atoms with E-state index in [9.17, 15) is 14.9 Å². The molecular weight excluding hydrogens is 348 g/mol. The maximum Gasteiger partial charge on any atom is 0.314 e. The molecule has 2 rings (SSSR count). The van der Waals surface area contributed by atoms with E-state index in [-0.39, 0.29) is 17.3 Å². The Morgan fingerprint density at radius 2 is 1.93 bits per heavy atom. The lowest BCUT2D eigenvalue weighted by atomic mass is 9.97.